The van der Waals surface area contributed by atoms with Crippen LogP contribution in [-0.2, 0) is 10.0 Å². The summed E-state index contributed by atoms with van der Waals surface area (Å²) in [5, 5.41) is 9.78. The lowest BCUT2D eigenvalue weighted by molar-refractivity contribution is -0.0271. The zero-order chi connectivity index (χ0) is 14.3. The average molecular weight is 292 g/mol. The van der Waals surface area contributed by atoms with Crippen molar-refractivity contribution in [2.75, 3.05) is 12.3 Å². The summed E-state index contributed by atoms with van der Waals surface area (Å²) >= 11 is 0. The fraction of sp³-hybridized carbons (Fsp3) is 0.455. The number of nitrogen functional groups attached to an aromatic ring is 1. The molecule has 1 aromatic rings. The smallest absolute Gasteiger partial charge is 0.243 e. The number of sulfonamides is 1. The molecule has 0 spiro atoms. The lowest BCUT2D eigenvalue weighted by Gasteiger charge is -2.36. The van der Waals surface area contributed by atoms with E-state index < -0.39 is 37.8 Å². The van der Waals surface area contributed by atoms with Crippen LogP contribution in [0, 0.1) is 11.6 Å². The normalized spacial score (nSPS) is 18.1. The molecule has 0 aromatic heterocycles. The number of nitrogens with two attached hydrogens (primary N) is 1. The van der Waals surface area contributed by atoms with Gasteiger partial charge in [-0.3, -0.25) is 0 Å². The second-order valence-corrected chi connectivity index (χ2v) is 6.41. The fourth-order valence-corrected chi connectivity index (χ4v) is 3.03. The molecule has 0 radical (unpaired) electrons. The third-order valence-corrected chi connectivity index (χ3v) is 4.67. The maximum atomic E-state index is 13.6. The molecule has 4 N–H and O–H groups in total. The number of aliphatic hydroxyl groups is 1. The van der Waals surface area contributed by atoms with Crippen LogP contribution < -0.4 is 10.5 Å². The van der Waals surface area contributed by atoms with Crippen molar-refractivity contribution in [1.29, 1.82) is 0 Å². The van der Waals surface area contributed by atoms with Gasteiger partial charge in [0.1, 0.15) is 16.4 Å². The van der Waals surface area contributed by atoms with Crippen LogP contribution in [0.15, 0.2) is 17.0 Å². The van der Waals surface area contributed by atoms with E-state index in [1.807, 2.05) is 0 Å². The summed E-state index contributed by atoms with van der Waals surface area (Å²) in [5.41, 5.74) is 3.19. The Morgan fingerprint density at radius 2 is 2.00 bits per heavy atom. The van der Waals surface area contributed by atoms with E-state index in [0.717, 1.165) is 18.6 Å². The molecular formula is C11H14F2N2O3S. The molecular weight excluding hydrogens is 278 g/mol. The number of nitrogens with one attached hydrogen (secondary N) is 1. The van der Waals surface area contributed by atoms with Crippen molar-refractivity contribution in [3.63, 3.8) is 0 Å². The molecule has 0 heterocycles. The van der Waals surface area contributed by atoms with Crippen LogP contribution in [-0.4, -0.2) is 25.7 Å². The van der Waals surface area contributed by atoms with Gasteiger partial charge in [0.15, 0.2) is 5.82 Å². The number of halogens is 2. The van der Waals surface area contributed by atoms with E-state index in [4.69, 9.17) is 5.73 Å². The summed E-state index contributed by atoms with van der Waals surface area (Å²) in [6.45, 7) is -0.202. The van der Waals surface area contributed by atoms with Crippen molar-refractivity contribution < 1.29 is 22.3 Å². The van der Waals surface area contributed by atoms with Crippen molar-refractivity contribution >= 4 is 15.7 Å². The highest BCUT2D eigenvalue weighted by atomic mass is 32.2. The van der Waals surface area contributed by atoms with Gasteiger partial charge in [0, 0.05) is 6.54 Å². The molecule has 0 bridgehead atoms. The SMILES string of the molecule is Nc1c(F)ccc(S(=O)(=O)NCC2(O)CCC2)c1F. The minimum absolute atomic E-state index is 0.202. The molecule has 1 aliphatic carbocycles. The van der Waals surface area contributed by atoms with Crippen molar-refractivity contribution in [1.82, 2.24) is 4.72 Å². The van der Waals surface area contributed by atoms with Crippen molar-refractivity contribution in [2.24, 2.45) is 0 Å². The second kappa shape index (κ2) is 4.69. The third-order valence-electron chi connectivity index (χ3n) is 3.26. The lowest BCUT2D eigenvalue weighted by Crippen LogP contribution is -2.47. The number of hydrogen-bond acceptors (Lipinski definition) is 4. The molecule has 19 heavy (non-hydrogen) atoms. The summed E-state index contributed by atoms with van der Waals surface area (Å²) < 4.78 is 52.4. The quantitative estimate of drug-likeness (QED) is 0.714. The maximum absolute atomic E-state index is 13.6. The van der Waals surface area contributed by atoms with Gasteiger partial charge in [-0.15, -0.1) is 0 Å². The van der Waals surface area contributed by atoms with Crippen molar-refractivity contribution in [3.8, 4) is 0 Å². The second-order valence-electron chi connectivity index (χ2n) is 4.68. The van der Waals surface area contributed by atoms with Crippen LogP contribution in [0.1, 0.15) is 19.3 Å². The Bertz CT molecular complexity index is 600. The van der Waals surface area contributed by atoms with E-state index in [2.05, 4.69) is 4.72 Å². The van der Waals surface area contributed by atoms with Gasteiger partial charge >= 0.3 is 0 Å². The Kier molecular flexibility index (Phi) is 3.50. The summed E-state index contributed by atoms with van der Waals surface area (Å²) in [6.07, 6.45) is 1.79. The highest BCUT2D eigenvalue weighted by Gasteiger charge is 2.36. The topological polar surface area (TPSA) is 92.4 Å². The Hall–Kier alpha value is -1.25. The van der Waals surface area contributed by atoms with Gasteiger partial charge < -0.3 is 10.8 Å². The molecule has 2 rings (SSSR count). The molecule has 1 saturated carbocycles. The van der Waals surface area contributed by atoms with Crippen LogP contribution in [0.5, 0.6) is 0 Å². The van der Waals surface area contributed by atoms with Crippen molar-refractivity contribution in [3.05, 3.63) is 23.8 Å². The lowest BCUT2D eigenvalue weighted by atomic mass is 9.81. The average Bonchev–Trinajstić information content (AvgIpc) is 2.31. The Morgan fingerprint density at radius 1 is 1.37 bits per heavy atom. The Balaban J connectivity index is 2.22. The van der Waals surface area contributed by atoms with Gasteiger partial charge in [-0.1, -0.05) is 0 Å². The Morgan fingerprint density at radius 3 is 2.53 bits per heavy atom. The molecule has 0 aliphatic heterocycles. The van der Waals surface area contributed by atoms with Crippen LogP contribution in [0.2, 0.25) is 0 Å². The molecule has 106 valence electrons. The number of anilines is 1. The number of rotatable bonds is 4. The van der Waals surface area contributed by atoms with Gasteiger partial charge in [-0.05, 0) is 31.4 Å². The van der Waals surface area contributed by atoms with E-state index in [9.17, 15) is 22.3 Å². The zero-order valence-corrected chi connectivity index (χ0v) is 10.8. The molecule has 5 nitrogen and oxygen atoms in total. The molecule has 1 fully saturated rings. The van der Waals surface area contributed by atoms with E-state index in [0.29, 0.717) is 12.8 Å². The zero-order valence-electron chi connectivity index (χ0n) is 9.99. The van der Waals surface area contributed by atoms with E-state index >= 15 is 0 Å². The third kappa shape index (κ3) is 2.70. The number of hydrogen-bond donors (Lipinski definition) is 3. The van der Waals surface area contributed by atoms with Gasteiger partial charge in [0.05, 0.1) is 5.60 Å². The Labute approximate surface area is 109 Å². The van der Waals surface area contributed by atoms with Gasteiger partial charge in [0.2, 0.25) is 10.0 Å². The highest BCUT2D eigenvalue weighted by Crippen LogP contribution is 2.31. The molecule has 0 saturated heterocycles. The minimum Gasteiger partial charge on any atom is -0.394 e. The first-order valence-electron chi connectivity index (χ1n) is 5.71. The standard InChI is InChI=1S/C11H14F2N2O3S/c12-7-2-3-8(9(13)10(7)14)19(17,18)15-6-11(16)4-1-5-11/h2-3,15-16H,1,4-6,14H2. The molecule has 8 heteroatoms. The first kappa shape index (κ1) is 14.2. The van der Waals surface area contributed by atoms with E-state index in [1.165, 1.54) is 0 Å². The molecule has 0 atom stereocenters. The summed E-state index contributed by atoms with van der Waals surface area (Å²) in [7, 11) is -4.17. The molecule has 0 unspecified atom stereocenters. The molecule has 0 amide bonds. The first-order valence-corrected chi connectivity index (χ1v) is 7.19. The van der Waals surface area contributed by atoms with Crippen LogP contribution >= 0.6 is 0 Å². The monoisotopic (exact) mass is 292 g/mol. The van der Waals surface area contributed by atoms with Gasteiger partial charge in [-0.25, -0.2) is 21.9 Å². The fourth-order valence-electron chi connectivity index (χ4n) is 1.83. The predicted molar refractivity (Wildman–Crippen MR) is 64.8 cm³/mol. The van der Waals surface area contributed by atoms with Crippen LogP contribution in [0.25, 0.3) is 0 Å². The largest absolute Gasteiger partial charge is 0.394 e. The number of benzene rings is 1. The molecule has 1 aromatic carbocycles. The van der Waals surface area contributed by atoms with Crippen LogP contribution in [0.4, 0.5) is 14.5 Å². The maximum Gasteiger partial charge on any atom is 0.243 e. The predicted octanol–water partition coefficient (Wildman–Crippen LogP) is 0.740. The van der Waals surface area contributed by atoms with Crippen LogP contribution in [0.3, 0.4) is 0 Å². The first-order chi connectivity index (χ1) is 8.75. The molecule has 1 aliphatic rings. The summed E-state index contributed by atoms with van der Waals surface area (Å²) in [4.78, 5) is -0.727. The summed E-state index contributed by atoms with van der Waals surface area (Å²) in [5.74, 6) is -2.35. The van der Waals surface area contributed by atoms with Crippen molar-refractivity contribution in [2.45, 2.75) is 29.8 Å². The summed E-state index contributed by atoms with van der Waals surface area (Å²) in [6, 6.07) is 1.58. The van der Waals surface area contributed by atoms with E-state index in [1.54, 1.807) is 0 Å². The van der Waals surface area contributed by atoms with Gasteiger partial charge in [0.25, 0.3) is 0 Å². The van der Waals surface area contributed by atoms with Gasteiger partial charge in [-0.2, -0.15) is 0 Å². The minimum atomic E-state index is -4.17. The van der Waals surface area contributed by atoms with E-state index in [-0.39, 0.29) is 6.54 Å². The highest BCUT2D eigenvalue weighted by molar-refractivity contribution is 7.89.